The fourth-order valence-corrected chi connectivity index (χ4v) is 4.48. The maximum absolute atomic E-state index is 12.9. The van der Waals surface area contributed by atoms with Crippen LogP contribution < -0.4 is 0 Å². The molecule has 1 aliphatic heterocycles. The molecular formula is C22H20N2O3S. The second kappa shape index (κ2) is 7.64. The van der Waals surface area contributed by atoms with Gasteiger partial charge in [0, 0.05) is 18.4 Å². The molecule has 1 unspecified atom stereocenters. The van der Waals surface area contributed by atoms with E-state index >= 15 is 0 Å². The molecule has 5 nitrogen and oxygen atoms in total. The number of carboxylic acids is 1. The standard InChI is InChI=1S/C22H20N2O3S/c1-14-10-20(23-18-9-5-4-8-17(14)18)28-13-21(25)24-12-16-7-3-2-6-15(16)11-19(24)22(26)27/h2-10,19H,11-13H2,1H3,(H,26,27). The smallest absolute Gasteiger partial charge is 0.326 e. The Balaban J connectivity index is 1.52. The number of carbonyl (C=O) groups excluding carboxylic acids is 1. The molecule has 0 aliphatic carbocycles. The van der Waals surface area contributed by atoms with Crippen molar-refractivity contribution in [3.05, 3.63) is 71.3 Å². The summed E-state index contributed by atoms with van der Waals surface area (Å²) in [5.74, 6) is -0.983. The van der Waals surface area contributed by atoms with Gasteiger partial charge < -0.3 is 10.0 Å². The van der Waals surface area contributed by atoms with Crippen LogP contribution in [0, 0.1) is 6.92 Å². The van der Waals surface area contributed by atoms with Crippen LogP contribution in [-0.2, 0) is 22.6 Å². The molecular weight excluding hydrogens is 372 g/mol. The lowest BCUT2D eigenvalue weighted by Crippen LogP contribution is -2.49. The number of carboxylic acid groups (broad SMARTS) is 1. The number of hydrogen-bond acceptors (Lipinski definition) is 4. The molecule has 3 aromatic rings. The quantitative estimate of drug-likeness (QED) is 0.686. The third-order valence-electron chi connectivity index (χ3n) is 5.10. The highest BCUT2D eigenvalue weighted by Gasteiger charge is 2.34. The lowest BCUT2D eigenvalue weighted by Gasteiger charge is -2.34. The van der Waals surface area contributed by atoms with Gasteiger partial charge in [0.05, 0.1) is 16.3 Å². The molecule has 1 aliphatic rings. The Labute approximate surface area is 167 Å². The van der Waals surface area contributed by atoms with Crippen molar-refractivity contribution in [1.29, 1.82) is 0 Å². The lowest BCUT2D eigenvalue weighted by atomic mass is 9.94. The van der Waals surface area contributed by atoms with Crippen molar-refractivity contribution in [1.82, 2.24) is 9.88 Å². The van der Waals surface area contributed by atoms with Crippen molar-refractivity contribution in [3.63, 3.8) is 0 Å². The number of fused-ring (bicyclic) bond motifs is 2. The summed E-state index contributed by atoms with van der Waals surface area (Å²) in [6, 6.07) is 16.8. The Kier molecular flexibility index (Phi) is 5.05. The largest absolute Gasteiger partial charge is 0.480 e. The van der Waals surface area contributed by atoms with Gasteiger partial charge >= 0.3 is 5.97 Å². The van der Waals surface area contributed by atoms with Crippen LogP contribution in [0.1, 0.15) is 16.7 Å². The molecule has 28 heavy (non-hydrogen) atoms. The first kappa shape index (κ1) is 18.5. The van der Waals surface area contributed by atoms with Crippen molar-refractivity contribution in [2.24, 2.45) is 0 Å². The average Bonchev–Trinajstić information content (AvgIpc) is 2.71. The van der Waals surface area contributed by atoms with Crippen LogP contribution in [0.4, 0.5) is 0 Å². The number of thioether (sulfide) groups is 1. The molecule has 0 fully saturated rings. The molecule has 0 saturated heterocycles. The molecule has 0 saturated carbocycles. The van der Waals surface area contributed by atoms with Crippen LogP contribution >= 0.6 is 11.8 Å². The summed E-state index contributed by atoms with van der Waals surface area (Å²) in [7, 11) is 0. The third-order valence-corrected chi connectivity index (χ3v) is 5.99. The van der Waals surface area contributed by atoms with Crippen molar-refractivity contribution in [2.75, 3.05) is 5.75 Å². The SMILES string of the molecule is Cc1cc(SCC(=O)N2Cc3ccccc3CC2C(=O)O)nc2ccccc12. The van der Waals surface area contributed by atoms with Gasteiger partial charge in [-0.3, -0.25) is 4.79 Å². The number of aliphatic carboxylic acids is 1. The molecule has 0 radical (unpaired) electrons. The molecule has 1 aromatic heterocycles. The minimum Gasteiger partial charge on any atom is -0.480 e. The average molecular weight is 392 g/mol. The number of aryl methyl sites for hydroxylation is 1. The van der Waals surface area contributed by atoms with Crippen LogP contribution in [0.3, 0.4) is 0 Å². The Morgan fingerprint density at radius 2 is 1.86 bits per heavy atom. The van der Waals surface area contributed by atoms with Gasteiger partial charge in [0.15, 0.2) is 0 Å². The first-order chi connectivity index (χ1) is 13.5. The van der Waals surface area contributed by atoms with E-state index in [0.29, 0.717) is 13.0 Å². The molecule has 4 rings (SSSR count). The summed E-state index contributed by atoms with van der Waals surface area (Å²) in [6.45, 7) is 2.36. The van der Waals surface area contributed by atoms with Crippen LogP contribution in [0.15, 0.2) is 59.6 Å². The zero-order valence-corrected chi connectivity index (χ0v) is 16.3. The molecule has 142 valence electrons. The number of amides is 1. The van der Waals surface area contributed by atoms with Gasteiger partial charge in [-0.1, -0.05) is 54.2 Å². The number of para-hydroxylation sites is 1. The number of hydrogen-bond donors (Lipinski definition) is 1. The van der Waals surface area contributed by atoms with E-state index in [1.165, 1.54) is 16.7 Å². The van der Waals surface area contributed by atoms with E-state index in [2.05, 4.69) is 4.98 Å². The third kappa shape index (κ3) is 3.60. The molecule has 6 heteroatoms. The van der Waals surface area contributed by atoms with Crippen LogP contribution in [-0.4, -0.2) is 38.7 Å². The molecule has 1 N–H and O–H groups in total. The zero-order valence-electron chi connectivity index (χ0n) is 15.5. The van der Waals surface area contributed by atoms with Gasteiger partial charge in [-0.15, -0.1) is 0 Å². The molecule has 0 bridgehead atoms. The van der Waals surface area contributed by atoms with Gasteiger partial charge in [-0.05, 0) is 35.7 Å². The lowest BCUT2D eigenvalue weighted by molar-refractivity contribution is -0.150. The monoisotopic (exact) mass is 392 g/mol. The van der Waals surface area contributed by atoms with E-state index in [0.717, 1.165) is 32.6 Å². The van der Waals surface area contributed by atoms with Gasteiger partial charge in [0.25, 0.3) is 0 Å². The van der Waals surface area contributed by atoms with E-state index in [1.807, 2.05) is 61.5 Å². The predicted molar refractivity (Wildman–Crippen MR) is 109 cm³/mol. The highest BCUT2D eigenvalue weighted by molar-refractivity contribution is 7.99. The second-order valence-electron chi connectivity index (χ2n) is 6.93. The van der Waals surface area contributed by atoms with Crippen LogP contribution in [0.2, 0.25) is 0 Å². The number of pyridine rings is 1. The summed E-state index contributed by atoms with van der Waals surface area (Å²) in [4.78, 5) is 30.7. The van der Waals surface area contributed by atoms with Crippen molar-refractivity contribution in [3.8, 4) is 0 Å². The Hall–Kier alpha value is -2.86. The molecule has 2 aromatic carbocycles. The summed E-state index contributed by atoms with van der Waals surface area (Å²) in [5, 5.41) is 11.5. The van der Waals surface area contributed by atoms with Crippen molar-refractivity contribution in [2.45, 2.75) is 31.0 Å². The first-order valence-electron chi connectivity index (χ1n) is 9.11. The topological polar surface area (TPSA) is 70.5 Å². The van der Waals surface area contributed by atoms with E-state index < -0.39 is 12.0 Å². The van der Waals surface area contributed by atoms with E-state index in [-0.39, 0.29) is 11.7 Å². The van der Waals surface area contributed by atoms with E-state index in [4.69, 9.17) is 0 Å². The fraction of sp³-hybridized carbons (Fsp3) is 0.227. The number of benzene rings is 2. The second-order valence-corrected chi connectivity index (χ2v) is 7.93. The first-order valence-corrected chi connectivity index (χ1v) is 10.1. The van der Waals surface area contributed by atoms with E-state index in [1.54, 1.807) is 0 Å². The Morgan fingerprint density at radius 3 is 2.64 bits per heavy atom. The van der Waals surface area contributed by atoms with Gasteiger partial charge in [-0.2, -0.15) is 0 Å². The maximum atomic E-state index is 12.9. The number of aromatic nitrogens is 1. The Morgan fingerprint density at radius 1 is 1.14 bits per heavy atom. The van der Waals surface area contributed by atoms with E-state index in [9.17, 15) is 14.7 Å². The summed E-state index contributed by atoms with van der Waals surface area (Å²) in [5.41, 5.74) is 4.01. The summed E-state index contributed by atoms with van der Waals surface area (Å²) < 4.78 is 0. The maximum Gasteiger partial charge on any atom is 0.326 e. The van der Waals surface area contributed by atoms with Gasteiger partial charge in [0.2, 0.25) is 5.91 Å². The highest BCUT2D eigenvalue weighted by atomic mass is 32.2. The molecule has 2 heterocycles. The normalized spacial score (nSPS) is 16.0. The zero-order chi connectivity index (χ0) is 19.7. The van der Waals surface area contributed by atoms with Gasteiger partial charge in [-0.25, -0.2) is 9.78 Å². The fourth-order valence-electron chi connectivity index (χ4n) is 3.62. The number of rotatable bonds is 4. The number of carbonyl (C=O) groups is 2. The molecule has 1 amide bonds. The Bertz CT molecular complexity index is 1070. The number of nitrogens with zero attached hydrogens (tertiary/aromatic N) is 2. The predicted octanol–water partition coefficient (Wildman–Crippen LogP) is 3.67. The van der Waals surface area contributed by atoms with Crippen molar-refractivity contribution < 1.29 is 14.7 Å². The summed E-state index contributed by atoms with van der Waals surface area (Å²) in [6.07, 6.45) is 0.343. The molecule has 0 spiro atoms. The van der Waals surface area contributed by atoms with Crippen LogP contribution in [0.5, 0.6) is 0 Å². The van der Waals surface area contributed by atoms with Crippen molar-refractivity contribution >= 4 is 34.5 Å². The highest BCUT2D eigenvalue weighted by Crippen LogP contribution is 2.27. The minimum absolute atomic E-state index is 0.163. The molecule has 1 atom stereocenters. The van der Waals surface area contributed by atoms with Gasteiger partial charge in [0.1, 0.15) is 6.04 Å². The minimum atomic E-state index is -0.965. The van der Waals surface area contributed by atoms with Crippen LogP contribution in [0.25, 0.3) is 10.9 Å². The summed E-state index contributed by atoms with van der Waals surface area (Å²) >= 11 is 1.35.